The highest BCUT2D eigenvalue weighted by atomic mass is 16.5. The van der Waals surface area contributed by atoms with Crippen molar-refractivity contribution in [2.45, 2.75) is 19.8 Å². The number of para-hydroxylation sites is 1. The molecule has 0 radical (unpaired) electrons. The molecule has 0 bridgehead atoms. The highest BCUT2D eigenvalue weighted by Gasteiger charge is 2.08. The fourth-order valence-corrected chi connectivity index (χ4v) is 2.00. The Labute approximate surface area is 137 Å². The Morgan fingerprint density at radius 2 is 1.83 bits per heavy atom. The molecule has 0 unspecified atom stereocenters. The van der Waals surface area contributed by atoms with Gasteiger partial charge in [0.15, 0.2) is 0 Å². The van der Waals surface area contributed by atoms with Gasteiger partial charge in [0.25, 0.3) is 0 Å². The number of carbonyl (C=O) groups excluding carboxylic acids is 1. The molecule has 2 aromatic rings. The van der Waals surface area contributed by atoms with Crippen LogP contribution in [0.25, 0.3) is 0 Å². The molecule has 0 amide bonds. The van der Waals surface area contributed by atoms with E-state index in [1.54, 1.807) is 18.2 Å². The maximum absolute atomic E-state index is 12.2. The van der Waals surface area contributed by atoms with Crippen molar-refractivity contribution in [3.8, 4) is 23.3 Å². The average Bonchev–Trinajstić information content (AvgIpc) is 2.61. The zero-order valence-electron chi connectivity index (χ0n) is 13.5. The fourth-order valence-electron chi connectivity index (χ4n) is 2.00. The number of methoxy groups -OCH3 is 1. The first-order valence-electron chi connectivity index (χ1n) is 7.67. The van der Waals surface area contributed by atoms with Crippen LogP contribution in [0, 0.1) is 11.8 Å². The lowest BCUT2D eigenvalue weighted by molar-refractivity contribution is 0.105. The average molecular weight is 308 g/mol. The van der Waals surface area contributed by atoms with Crippen molar-refractivity contribution < 1.29 is 14.3 Å². The Bertz CT molecular complexity index is 706. The standard InChI is InChI=1S/C20H20O3/c1-3-4-15-23-17-12-9-16(10-13-17)11-14-19(21)18-7-5-6-8-20(18)22-2/h5-10,12-13H,3-4,15H2,1-2H3. The van der Waals surface area contributed by atoms with E-state index in [1.807, 2.05) is 30.3 Å². The molecular formula is C20H20O3. The molecule has 3 nitrogen and oxygen atoms in total. The van der Waals surface area contributed by atoms with E-state index in [1.165, 1.54) is 7.11 Å². The lowest BCUT2D eigenvalue weighted by Crippen LogP contribution is -1.99. The maximum atomic E-state index is 12.2. The van der Waals surface area contributed by atoms with Gasteiger partial charge in [0.05, 0.1) is 19.3 Å². The van der Waals surface area contributed by atoms with Gasteiger partial charge in [0.1, 0.15) is 11.5 Å². The summed E-state index contributed by atoms with van der Waals surface area (Å²) < 4.78 is 10.8. The van der Waals surface area contributed by atoms with Crippen molar-refractivity contribution in [2.24, 2.45) is 0 Å². The Kier molecular flexibility index (Phi) is 6.26. The van der Waals surface area contributed by atoms with Crippen molar-refractivity contribution >= 4 is 5.78 Å². The normalized spacial score (nSPS) is 9.65. The second kappa shape index (κ2) is 8.65. The van der Waals surface area contributed by atoms with Crippen molar-refractivity contribution in [3.05, 3.63) is 59.7 Å². The fraction of sp³-hybridized carbons (Fsp3) is 0.250. The summed E-state index contributed by atoms with van der Waals surface area (Å²) in [5.41, 5.74) is 1.25. The third kappa shape index (κ3) is 4.89. The van der Waals surface area contributed by atoms with E-state index in [0.29, 0.717) is 17.9 Å². The lowest BCUT2D eigenvalue weighted by Gasteiger charge is -2.04. The number of hydrogen-bond donors (Lipinski definition) is 0. The molecule has 0 aliphatic heterocycles. The van der Waals surface area contributed by atoms with Crippen LogP contribution < -0.4 is 9.47 Å². The second-order valence-corrected chi connectivity index (χ2v) is 5.01. The first-order valence-corrected chi connectivity index (χ1v) is 7.67. The summed E-state index contributed by atoms with van der Waals surface area (Å²) >= 11 is 0. The van der Waals surface area contributed by atoms with E-state index in [9.17, 15) is 4.79 Å². The van der Waals surface area contributed by atoms with Crippen LogP contribution in [0.3, 0.4) is 0 Å². The van der Waals surface area contributed by atoms with Crippen LogP contribution in [0.5, 0.6) is 11.5 Å². The molecule has 0 heterocycles. The molecule has 2 aromatic carbocycles. The SMILES string of the molecule is CCCCOc1ccc(C#CC(=O)c2ccccc2OC)cc1. The van der Waals surface area contributed by atoms with Gasteiger partial charge in [0, 0.05) is 5.56 Å². The number of ketones is 1. The Balaban J connectivity index is 2.05. The third-order valence-electron chi connectivity index (χ3n) is 3.29. The van der Waals surface area contributed by atoms with Gasteiger partial charge < -0.3 is 9.47 Å². The predicted octanol–water partition coefficient (Wildman–Crippen LogP) is 4.11. The smallest absolute Gasteiger partial charge is 0.239 e. The van der Waals surface area contributed by atoms with Gasteiger partial charge in [-0.1, -0.05) is 31.4 Å². The lowest BCUT2D eigenvalue weighted by atomic mass is 10.1. The van der Waals surface area contributed by atoms with E-state index < -0.39 is 0 Å². The summed E-state index contributed by atoms with van der Waals surface area (Å²) in [6.07, 6.45) is 2.14. The van der Waals surface area contributed by atoms with Gasteiger partial charge in [-0.05, 0) is 48.7 Å². The second-order valence-electron chi connectivity index (χ2n) is 5.01. The van der Waals surface area contributed by atoms with E-state index in [4.69, 9.17) is 9.47 Å². The molecule has 3 heteroatoms. The van der Waals surface area contributed by atoms with Gasteiger partial charge in [-0.2, -0.15) is 0 Å². The third-order valence-corrected chi connectivity index (χ3v) is 3.29. The number of hydrogen-bond acceptors (Lipinski definition) is 3. The van der Waals surface area contributed by atoms with E-state index in [-0.39, 0.29) is 5.78 Å². The Morgan fingerprint density at radius 3 is 2.52 bits per heavy atom. The van der Waals surface area contributed by atoms with E-state index >= 15 is 0 Å². The molecule has 0 spiro atoms. The molecule has 118 valence electrons. The number of rotatable bonds is 6. The van der Waals surface area contributed by atoms with E-state index in [2.05, 4.69) is 18.8 Å². The summed E-state index contributed by atoms with van der Waals surface area (Å²) in [7, 11) is 1.54. The number of unbranched alkanes of at least 4 members (excludes halogenated alkanes) is 1. The van der Waals surface area contributed by atoms with Crippen molar-refractivity contribution in [3.63, 3.8) is 0 Å². The van der Waals surface area contributed by atoms with Crippen molar-refractivity contribution in [1.29, 1.82) is 0 Å². The number of benzene rings is 2. The molecule has 2 rings (SSSR count). The van der Waals surface area contributed by atoms with Crippen LogP contribution in [0.15, 0.2) is 48.5 Å². The van der Waals surface area contributed by atoms with Crippen LogP contribution >= 0.6 is 0 Å². The zero-order chi connectivity index (χ0) is 16.5. The molecule has 0 saturated carbocycles. The number of ether oxygens (including phenoxy) is 2. The van der Waals surface area contributed by atoms with Crippen LogP contribution in [0.1, 0.15) is 35.7 Å². The monoisotopic (exact) mass is 308 g/mol. The number of Topliss-reactive ketones (excluding diaryl/α,β-unsaturated/α-hetero) is 1. The Hall–Kier alpha value is -2.73. The summed E-state index contributed by atoms with van der Waals surface area (Å²) in [6.45, 7) is 2.84. The molecular weight excluding hydrogens is 288 g/mol. The summed E-state index contributed by atoms with van der Waals surface area (Å²) in [6, 6.07) is 14.5. The first-order chi connectivity index (χ1) is 11.2. The van der Waals surface area contributed by atoms with Gasteiger partial charge in [-0.3, -0.25) is 4.79 Å². The van der Waals surface area contributed by atoms with Crippen LogP contribution in [0.2, 0.25) is 0 Å². The van der Waals surface area contributed by atoms with Crippen molar-refractivity contribution in [2.75, 3.05) is 13.7 Å². The number of carbonyl (C=O) groups is 1. The predicted molar refractivity (Wildman–Crippen MR) is 91.0 cm³/mol. The highest BCUT2D eigenvalue weighted by molar-refractivity contribution is 6.11. The van der Waals surface area contributed by atoms with E-state index in [0.717, 1.165) is 24.2 Å². The van der Waals surface area contributed by atoms with Gasteiger partial charge >= 0.3 is 0 Å². The molecule has 0 atom stereocenters. The molecule has 0 N–H and O–H groups in total. The highest BCUT2D eigenvalue weighted by Crippen LogP contribution is 2.17. The van der Waals surface area contributed by atoms with Gasteiger partial charge in [0.2, 0.25) is 5.78 Å². The summed E-state index contributed by atoms with van der Waals surface area (Å²) in [5.74, 6) is 6.62. The minimum Gasteiger partial charge on any atom is -0.496 e. The zero-order valence-corrected chi connectivity index (χ0v) is 13.5. The maximum Gasteiger partial charge on any atom is 0.239 e. The first kappa shape index (κ1) is 16.6. The molecule has 0 aliphatic carbocycles. The largest absolute Gasteiger partial charge is 0.496 e. The quantitative estimate of drug-likeness (QED) is 0.458. The van der Waals surface area contributed by atoms with Gasteiger partial charge in [-0.25, -0.2) is 0 Å². The van der Waals surface area contributed by atoms with Crippen LogP contribution in [-0.4, -0.2) is 19.5 Å². The van der Waals surface area contributed by atoms with Crippen LogP contribution in [-0.2, 0) is 0 Å². The molecule has 0 aromatic heterocycles. The summed E-state index contributed by atoms with van der Waals surface area (Å²) in [5, 5.41) is 0. The molecule has 0 fully saturated rings. The molecule has 23 heavy (non-hydrogen) atoms. The van der Waals surface area contributed by atoms with Crippen LogP contribution in [0.4, 0.5) is 0 Å². The molecule has 0 saturated heterocycles. The summed E-state index contributed by atoms with van der Waals surface area (Å²) in [4.78, 5) is 12.2. The Morgan fingerprint density at radius 1 is 1.09 bits per heavy atom. The minimum absolute atomic E-state index is 0.259. The minimum atomic E-state index is -0.259. The molecule has 0 aliphatic rings. The van der Waals surface area contributed by atoms with Gasteiger partial charge in [-0.15, -0.1) is 0 Å². The van der Waals surface area contributed by atoms with Crippen molar-refractivity contribution in [1.82, 2.24) is 0 Å². The topological polar surface area (TPSA) is 35.5 Å².